The number of aliphatic hydroxyl groups excluding tert-OH is 1. The van der Waals surface area contributed by atoms with Gasteiger partial charge in [-0.15, -0.1) is 0 Å². The summed E-state index contributed by atoms with van der Waals surface area (Å²) in [7, 11) is 0. The quantitative estimate of drug-likeness (QED) is 0.744. The highest BCUT2D eigenvalue weighted by Crippen LogP contribution is 2.23. The van der Waals surface area contributed by atoms with Crippen LogP contribution in [0.3, 0.4) is 0 Å². The Morgan fingerprint density at radius 1 is 1.39 bits per heavy atom. The maximum absolute atomic E-state index is 11.8. The number of hydrogen-bond acceptors (Lipinski definition) is 4. The van der Waals surface area contributed by atoms with E-state index in [2.05, 4.69) is 10.3 Å². The molecule has 98 valence electrons. The van der Waals surface area contributed by atoms with Crippen molar-refractivity contribution in [3.8, 4) is 0 Å². The number of nitrogens with zero attached hydrogens (tertiary/aromatic N) is 1. The van der Waals surface area contributed by atoms with Crippen LogP contribution in [0.5, 0.6) is 0 Å². The summed E-state index contributed by atoms with van der Waals surface area (Å²) in [5.41, 5.74) is 6.45. The van der Waals surface area contributed by atoms with Crippen LogP contribution in [0.4, 0.5) is 5.69 Å². The normalized spacial score (nSPS) is 23.6. The average Bonchev–Trinajstić information content (AvgIpc) is 2.38. The van der Waals surface area contributed by atoms with E-state index in [0.29, 0.717) is 23.8 Å². The number of hydrogen-bond donors (Lipinski definition) is 3. The third-order valence-electron chi connectivity index (χ3n) is 3.39. The average molecular weight is 249 g/mol. The van der Waals surface area contributed by atoms with Crippen molar-refractivity contribution in [3.63, 3.8) is 0 Å². The first-order valence-electron chi connectivity index (χ1n) is 6.33. The topological polar surface area (TPSA) is 88.2 Å². The van der Waals surface area contributed by atoms with E-state index >= 15 is 0 Å². The van der Waals surface area contributed by atoms with Gasteiger partial charge >= 0.3 is 0 Å². The van der Waals surface area contributed by atoms with Crippen LogP contribution in [-0.2, 0) is 0 Å². The van der Waals surface area contributed by atoms with Crippen molar-refractivity contribution >= 4 is 11.6 Å². The number of aliphatic hydroxyl groups is 1. The highest BCUT2D eigenvalue weighted by atomic mass is 16.3. The lowest BCUT2D eigenvalue weighted by Gasteiger charge is -2.25. The number of carbonyl (C=O) groups is 1. The van der Waals surface area contributed by atoms with Crippen LogP contribution in [0.25, 0.3) is 0 Å². The number of pyridine rings is 1. The van der Waals surface area contributed by atoms with Crippen molar-refractivity contribution in [2.75, 3.05) is 12.3 Å². The molecule has 0 atom stereocenters. The number of rotatable bonds is 3. The molecule has 1 aromatic heterocycles. The summed E-state index contributed by atoms with van der Waals surface area (Å²) in [5, 5.41) is 12.3. The van der Waals surface area contributed by atoms with Crippen LogP contribution in [0.2, 0.25) is 0 Å². The molecule has 0 bridgehead atoms. The lowest BCUT2D eigenvalue weighted by atomic mass is 9.87. The van der Waals surface area contributed by atoms with Crippen LogP contribution >= 0.6 is 0 Å². The van der Waals surface area contributed by atoms with E-state index in [-0.39, 0.29) is 12.0 Å². The molecule has 0 radical (unpaired) electrons. The van der Waals surface area contributed by atoms with Crippen molar-refractivity contribution in [2.24, 2.45) is 5.92 Å². The molecule has 0 unspecified atom stereocenters. The van der Waals surface area contributed by atoms with Gasteiger partial charge in [0.1, 0.15) is 5.69 Å². The van der Waals surface area contributed by atoms with Crippen LogP contribution in [0.1, 0.15) is 36.2 Å². The summed E-state index contributed by atoms with van der Waals surface area (Å²) in [5.74, 6) is 0.298. The van der Waals surface area contributed by atoms with Gasteiger partial charge in [-0.3, -0.25) is 4.79 Å². The molecule has 0 saturated heterocycles. The molecule has 1 aliphatic carbocycles. The molecule has 1 saturated carbocycles. The van der Waals surface area contributed by atoms with Crippen molar-refractivity contribution in [1.29, 1.82) is 0 Å². The largest absolute Gasteiger partial charge is 0.397 e. The second kappa shape index (κ2) is 5.82. The van der Waals surface area contributed by atoms with Crippen molar-refractivity contribution < 1.29 is 9.90 Å². The Morgan fingerprint density at radius 2 is 2.11 bits per heavy atom. The molecule has 0 aromatic carbocycles. The number of aromatic nitrogens is 1. The van der Waals surface area contributed by atoms with E-state index in [1.807, 2.05) is 0 Å². The SMILES string of the molecule is Nc1ccc(C(=O)NCC2CCC(O)CC2)nc1. The fourth-order valence-electron chi connectivity index (χ4n) is 2.22. The van der Waals surface area contributed by atoms with E-state index in [9.17, 15) is 9.90 Å². The first kappa shape index (κ1) is 12.8. The van der Waals surface area contributed by atoms with Crippen LogP contribution < -0.4 is 11.1 Å². The van der Waals surface area contributed by atoms with E-state index < -0.39 is 0 Å². The summed E-state index contributed by atoms with van der Waals surface area (Å²) in [6.07, 6.45) is 4.93. The van der Waals surface area contributed by atoms with Crippen LogP contribution in [-0.4, -0.2) is 28.6 Å². The number of nitrogens with one attached hydrogen (secondary N) is 1. The lowest BCUT2D eigenvalue weighted by molar-refractivity contribution is 0.0906. The molecule has 4 N–H and O–H groups in total. The Bertz CT molecular complexity index is 397. The van der Waals surface area contributed by atoms with E-state index in [1.165, 1.54) is 6.20 Å². The van der Waals surface area contributed by atoms with Gasteiger partial charge < -0.3 is 16.2 Å². The van der Waals surface area contributed by atoms with Gasteiger partial charge in [-0.25, -0.2) is 4.98 Å². The minimum absolute atomic E-state index is 0.157. The van der Waals surface area contributed by atoms with E-state index in [4.69, 9.17) is 5.73 Å². The van der Waals surface area contributed by atoms with Gasteiger partial charge in [0, 0.05) is 6.54 Å². The van der Waals surface area contributed by atoms with Gasteiger partial charge in [0.2, 0.25) is 0 Å². The summed E-state index contributed by atoms with van der Waals surface area (Å²) in [4.78, 5) is 15.8. The summed E-state index contributed by atoms with van der Waals surface area (Å²) in [6.45, 7) is 0.650. The number of nitrogen functional groups attached to an aromatic ring is 1. The zero-order chi connectivity index (χ0) is 13.0. The minimum atomic E-state index is -0.166. The van der Waals surface area contributed by atoms with Gasteiger partial charge in [-0.1, -0.05) is 0 Å². The molecule has 1 amide bonds. The molecule has 1 aromatic rings. The van der Waals surface area contributed by atoms with Gasteiger partial charge in [-0.2, -0.15) is 0 Å². The van der Waals surface area contributed by atoms with Gasteiger partial charge in [-0.05, 0) is 43.7 Å². The Balaban J connectivity index is 1.79. The Hall–Kier alpha value is -1.62. The highest BCUT2D eigenvalue weighted by Gasteiger charge is 2.20. The molecule has 18 heavy (non-hydrogen) atoms. The Labute approximate surface area is 106 Å². The summed E-state index contributed by atoms with van der Waals surface area (Å²) in [6, 6.07) is 3.29. The third-order valence-corrected chi connectivity index (χ3v) is 3.39. The van der Waals surface area contributed by atoms with Crippen molar-refractivity contribution in [2.45, 2.75) is 31.8 Å². The molecule has 5 heteroatoms. The number of nitrogens with two attached hydrogens (primary N) is 1. The smallest absolute Gasteiger partial charge is 0.269 e. The van der Waals surface area contributed by atoms with E-state index in [0.717, 1.165) is 25.7 Å². The molecule has 1 aliphatic rings. The molecular weight excluding hydrogens is 230 g/mol. The zero-order valence-electron chi connectivity index (χ0n) is 10.3. The number of anilines is 1. The summed E-state index contributed by atoms with van der Waals surface area (Å²) < 4.78 is 0. The van der Waals surface area contributed by atoms with Gasteiger partial charge in [0.05, 0.1) is 18.0 Å². The molecule has 0 spiro atoms. The predicted molar refractivity (Wildman–Crippen MR) is 68.9 cm³/mol. The van der Waals surface area contributed by atoms with Crippen LogP contribution in [0.15, 0.2) is 18.3 Å². The van der Waals surface area contributed by atoms with Gasteiger partial charge in [0.15, 0.2) is 0 Å². The zero-order valence-corrected chi connectivity index (χ0v) is 10.3. The first-order chi connectivity index (χ1) is 8.65. The van der Waals surface area contributed by atoms with Crippen LogP contribution in [0, 0.1) is 5.92 Å². The monoisotopic (exact) mass is 249 g/mol. The molecule has 1 fully saturated rings. The Kier molecular flexibility index (Phi) is 4.15. The minimum Gasteiger partial charge on any atom is -0.397 e. The molecular formula is C13H19N3O2. The third kappa shape index (κ3) is 3.43. The predicted octanol–water partition coefficient (Wildman–Crippen LogP) is 0.945. The van der Waals surface area contributed by atoms with Crippen molar-refractivity contribution in [1.82, 2.24) is 10.3 Å². The molecule has 1 heterocycles. The first-order valence-corrected chi connectivity index (χ1v) is 6.33. The molecule has 2 rings (SSSR count). The Morgan fingerprint density at radius 3 is 2.72 bits per heavy atom. The van der Waals surface area contributed by atoms with Crippen molar-refractivity contribution in [3.05, 3.63) is 24.0 Å². The summed E-state index contributed by atoms with van der Waals surface area (Å²) >= 11 is 0. The second-order valence-corrected chi connectivity index (χ2v) is 4.86. The molecule has 5 nitrogen and oxygen atoms in total. The molecule has 0 aliphatic heterocycles. The second-order valence-electron chi connectivity index (χ2n) is 4.86. The highest BCUT2D eigenvalue weighted by molar-refractivity contribution is 5.92. The van der Waals surface area contributed by atoms with E-state index in [1.54, 1.807) is 12.1 Å². The number of carbonyl (C=O) groups excluding carboxylic acids is 1. The fraction of sp³-hybridized carbons (Fsp3) is 0.538. The lowest BCUT2D eigenvalue weighted by Crippen LogP contribution is -2.32. The standard InChI is InChI=1S/C13H19N3O2/c14-10-3-6-12(15-8-10)13(18)16-7-9-1-4-11(17)5-2-9/h3,6,8-9,11,17H,1-2,4-5,7,14H2,(H,16,18). The number of amides is 1. The maximum Gasteiger partial charge on any atom is 0.269 e. The van der Waals surface area contributed by atoms with Gasteiger partial charge in [0.25, 0.3) is 5.91 Å². The maximum atomic E-state index is 11.8. The fourth-order valence-corrected chi connectivity index (χ4v) is 2.22.